The monoisotopic (exact) mass is 284 g/mol. The van der Waals surface area contributed by atoms with E-state index in [-0.39, 0.29) is 0 Å². The highest BCUT2D eigenvalue weighted by molar-refractivity contribution is 9.10. The van der Waals surface area contributed by atoms with Gasteiger partial charge in [0.05, 0.1) is 5.69 Å². The van der Waals surface area contributed by atoms with Gasteiger partial charge in [0.2, 0.25) is 5.89 Å². The predicted molar refractivity (Wildman–Crippen MR) is 66.1 cm³/mol. The molecule has 0 unspecified atom stereocenters. The molecule has 1 heterocycles. The highest BCUT2D eigenvalue weighted by Gasteiger charge is 2.09. The summed E-state index contributed by atoms with van der Waals surface area (Å²) in [5.41, 5.74) is 7.78. The van der Waals surface area contributed by atoms with Crippen molar-refractivity contribution in [1.82, 2.24) is 4.98 Å². The molecule has 2 N–H and O–H groups in total. The number of benzene rings is 1. The Kier molecular flexibility index (Phi) is 3.46. The highest BCUT2D eigenvalue weighted by atomic mass is 79.9. The fraction of sp³-hybridized carbons (Fsp3) is 0.364. The minimum atomic E-state index is 0.388. The number of nitrogens with two attached hydrogens (primary N) is 1. The van der Waals surface area contributed by atoms with Crippen LogP contribution >= 0.6 is 15.9 Å². The summed E-state index contributed by atoms with van der Waals surface area (Å²) in [5.74, 6) is 0.563. The van der Waals surface area contributed by atoms with Crippen molar-refractivity contribution in [2.45, 2.75) is 20.0 Å². The molecule has 0 saturated carbocycles. The van der Waals surface area contributed by atoms with E-state index in [2.05, 4.69) is 27.8 Å². The van der Waals surface area contributed by atoms with Gasteiger partial charge in [-0.1, -0.05) is 22.9 Å². The number of ether oxygens (including phenoxy) is 1. The summed E-state index contributed by atoms with van der Waals surface area (Å²) in [6, 6.07) is 3.67. The zero-order valence-corrected chi connectivity index (χ0v) is 10.6. The lowest BCUT2D eigenvalue weighted by Gasteiger charge is -1.96. The van der Waals surface area contributed by atoms with Crippen LogP contribution in [0.4, 0.5) is 5.69 Å². The average molecular weight is 285 g/mol. The third-order valence-corrected chi connectivity index (χ3v) is 2.56. The van der Waals surface area contributed by atoms with Crippen LogP contribution in [0.2, 0.25) is 0 Å². The molecule has 86 valence electrons. The molecule has 1 aromatic carbocycles. The second kappa shape index (κ2) is 4.84. The minimum absolute atomic E-state index is 0.388. The third kappa shape index (κ3) is 2.36. The van der Waals surface area contributed by atoms with Gasteiger partial charge in [-0.2, -0.15) is 0 Å². The molecule has 0 amide bonds. The number of oxazole rings is 1. The Morgan fingerprint density at radius 1 is 1.50 bits per heavy atom. The summed E-state index contributed by atoms with van der Waals surface area (Å²) >= 11 is 3.36. The lowest BCUT2D eigenvalue weighted by molar-refractivity contribution is 0.104. The molecule has 1 aromatic heterocycles. The molecule has 0 atom stereocenters. The van der Waals surface area contributed by atoms with Crippen molar-refractivity contribution in [3.8, 4) is 0 Å². The van der Waals surface area contributed by atoms with Crippen molar-refractivity contribution in [1.29, 1.82) is 0 Å². The van der Waals surface area contributed by atoms with E-state index in [1.165, 1.54) is 0 Å². The van der Waals surface area contributed by atoms with Crippen molar-refractivity contribution in [3.05, 3.63) is 22.5 Å². The molecule has 0 aliphatic rings. The van der Waals surface area contributed by atoms with E-state index < -0.39 is 0 Å². The third-order valence-electron chi connectivity index (χ3n) is 2.10. The lowest BCUT2D eigenvalue weighted by Crippen LogP contribution is -1.93. The molecule has 4 nitrogen and oxygen atoms in total. The van der Waals surface area contributed by atoms with Gasteiger partial charge in [-0.05, 0) is 18.6 Å². The highest BCUT2D eigenvalue weighted by Crippen LogP contribution is 2.26. The number of halogens is 1. The maximum absolute atomic E-state index is 5.82. The molecular formula is C11H13BrN2O2. The van der Waals surface area contributed by atoms with Gasteiger partial charge < -0.3 is 14.9 Å². The van der Waals surface area contributed by atoms with Crippen LogP contribution in [0.5, 0.6) is 0 Å². The first-order chi connectivity index (χ1) is 7.70. The molecule has 5 heteroatoms. The van der Waals surface area contributed by atoms with Gasteiger partial charge in [0.25, 0.3) is 0 Å². The van der Waals surface area contributed by atoms with Gasteiger partial charge in [0.15, 0.2) is 5.58 Å². The SMILES string of the molecule is CCCOCc1nc2cc(Br)cc(N)c2o1. The minimum Gasteiger partial charge on any atom is -0.436 e. The quantitative estimate of drug-likeness (QED) is 0.692. The van der Waals surface area contributed by atoms with Crippen LogP contribution in [0.3, 0.4) is 0 Å². The second-order valence-corrected chi connectivity index (χ2v) is 4.42. The summed E-state index contributed by atoms with van der Waals surface area (Å²) in [6.07, 6.45) is 0.980. The second-order valence-electron chi connectivity index (χ2n) is 3.50. The maximum atomic E-state index is 5.82. The van der Waals surface area contributed by atoms with E-state index in [0.717, 1.165) is 16.4 Å². The van der Waals surface area contributed by atoms with Crippen LogP contribution in [0.1, 0.15) is 19.2 Å². The standard InChI is InChI=1S/C11H13BrN2O2/c1-2-3-15-6-10-14-9-5-7(12)4-8(13)11(9)16-10/h4-5H,2-3,6,13H2,1H3. The van der Waals surface area contributed by atoms with Crippen molar-refractivity contribution in [2.75, 3.05) is 12.3 Å². The van der Waals surface area contributed by atoms with E-state index in [1.54, 1.807) is 6.07 Å². The number of anilines is 1. The Bertz CT molecular complexity index is 496. The Morgan fingerprint density at radius 2 is 2.31 bits per heavy atom. The first-order valence-electron chi connectivity index (χ1n) is 5.13. The fourth-order valence-corrected chi connectivity index (χ4v) is 1.90. The zero-order chi connectivity index (χ0) is 11.5. The Hall–Kier alpha value is -1.07. The van der Waals surface area contributed by atoms with Crippen LogP contribution in [0.25, 0.3) is 11.1 Å². The molecular weight excluding hydrogens is 272 g/mol. The van der Waals surface area contributed by atoms with Crippen LogP contribution < -0.4 is 5.73 Å². The largest absolute Gasteiger partial charge is 0.436 e. The molecule has 2 aromatic rings. The van der Waals surface area contributed by atoms with Crippen LogP contribution in [0, 0.1) is 0 Å². The molecule has 0 saturated heterocycles. The molecule has 0 bridgehead atoms. The van der Waals surface area contributed by atoms with Gasteiger partial charge in [-0.25, -0.2) is 4.98 Å². The molecule has 0 radical (unpaired) electrons. The first kappa shape index (κ1) is 11.4. The van der Waals surface area contributed by atoms with Crippen molar-refractivity contribution < 1.29 is 9.15 Å². The van der Waals surface area contributed by atoms with Crippen LogP contribution in [-0.4, -0.2) is 11.6 Å². The molecule has 16 heavy (non-hydrogen) atoms. The zero-order valence-electron chi connectivity index (χ0n) is 9.00. The Balaban J connectivity index is 2.26. The van der Waals surface area contributed by atoms with Gasteiger partial charge >= 0.3 is 0 Å². The number of aromatic nitrogens is 1. The molecule has 0 aliphatic carbocycles. The first-order valence-corrected chi connectivity index (χ1v) is 5.92. The van der Waals surface area contributed by atoms with Gasteiger partial charge in [0, 0.05) is 11.1 Å². The summed E-state index contributed by atoms with van der Waals surface area (Å²) in [5, 5.41) is 0. The summed E-state index contributed by atoms with van der Waals surface area (Å²) in [6.45, 7) is 3.15. The van der Waals surface area contributed by atoms with E-state index in [4.69, 9.17) is 14.9 Å². The predicted octanol–water partition coefficient (Wildman–Crippen LogP) is 3.10. The number of hydrogen-bond donors (Lipinski definition) is 1. The molecule has 0 fully saturated rings. The lowest BCUT2D eigenvalue weighted by atomic mass is 10.3. The van der Waals surface area contributed by atoms with E-state index in [0.29, 0.717) is 30.4 Å². The maximum Gasteiger partial charge on any atom is 0.221 e. The topological polar surface area (TPSA) is 61.3 Å². The number of nitrogen functional groups attached to an aromatic ring is 1. The Morgan fingerprint density at radius 3 is 3.06 bits per heavy atom. The van der Waals surface area contributed by atoms with E-state index >= 15 is 0 Å². The Labute approximate surface area is 102 Å². The average Bonchev–Trinajstić information content (AvgIpc) is 2.61. The molecule has 0 aliphatic heterocycles. The van der Waals surface area contributed by atoms with Crippen LogP contribution in [0.15, 0.2) is 21.0 Å². The van der Waals surface area contributed by atoms with Crippen molar-refractivity contribution in [3.63, 3.8) is 0 Å². The van der Waals surface area contributed by atoms with Gasteiger partial charge in [-0.15, -0.1) is 0 Å². The number of fused-ring (bicyclic) bond motifs is 1. The molecule has 2 rings (SSSR count). The van der Waals surface area contributed by atoms with Crippen molar-refractivity contribution >= 4 is 32.7 Å². The van der Waals surface area contributed by atoms with Crippen molar-refractivity contribution in [2.24, 2.45) is 0 Å². The molecule has 0 spiro atoms. The van der Waals surface area contributed by atoms with Gasteiger partial charge in [0.1, 0.15) is 12.1 Å². The number of rotatable bonds is 4. The van der Waals surface area contributed by atoms with Gasteiger partial charge in [-0.3, -0.25) is 0 Å². The summed E-state index contributed by atoms with van der Waals surface area (Å²) in [4.78, 5) is 4.30. The number of hydrogen-bond acceptors (Lipinski definition) is 4. The van der Waals surface area contributed by atoms with Crippen LogP contribution in [-0.2, 0) is 11.3 Å². The van der Waals surface area contributed by atoms with E-state index in [9.17, 15) is 0 Å². The normalized spacial score (nSPS) is 11.1. The summed E-state index contributed by atoms with van der Waals surface area (Å²) < 4.78 is 11.8. The smallest absolute Gasteiger partial charge is 0.221 e. The summed E-state index contributed by atoms with van der Waals surface area (Å²) in [7, 11) is 0. The van der Waals surface area contributed by atoms with E-state index in [1.807, 2.05) is 6.07 Å². The fourth-order valence-electron chi connectivity index (χ4n) is 1.43. The number of nitrogens with zero attached hydrogens (tertiary/aromatic N) is 1.